The van der Waals surface area contributed by atoms with E-state index in [1.165, 1.54) is 31.4 Å². The van der Waals surface area contributed by atoms with Crippen LogP contribution < -0.4 is 9.47 Å². The molecule has 0 aliphatic carbocycles. The third kappa shape index (κ3) is 2.62. The smallest absolute Gasteiger partial charge is 0.186 e. The molecular weight excluding hydrogens is 338 g/mol. The van der Waals surface area contributed by atoms with E-state index in [1.54, 1.807) is 6.92 Å². The molecule has 2 aromatic carbocycles. The number of benzene rings is 2. The van der Waals surface area contributed by atoms with Crippen molar-refractivity contribution in [2.75, 3.05) is 13.7 Å². The van der Waals surface area contributed by atoms with Gasteiger partial charge in [-0.05, 0) is 36.4 Å². The Bertz CT molecular complexity index is 863. The van der Waals surface area contributed by atoms with Crippen molar-refractivity contribution in [3.05, 3.63) is 53.6 Å². The summed E-state index contributed by atoms with van der Waals surface area (Å²) in [6, 6.07) is 7.67. The van der Waals surface area contributed by atoms with E-state index >= 15 is 0 Å². The first kappa shape index (κ1) is 16.7. The molecule has 2 aromatic rings. The molecule has 24 heavy (non-hydrogen) atoms. The van der Waals surface area contributed by atoms with Crippen molar-refractivity contribution in [2.45, 2.75) is 17.1 Å². The zero-order valence-electron chi connectivity index (χ0n) is 13.1. The van der Waals surface area contributed by atoms with Gasteiger partial charge in [0, 0.05) is 5.92 Å². The molecule has 0 bridgehead atoms. The molecule has 2 atom stereocenters. The highest BCUT2D eigenvalue weighted by molar-refractivity contribution is 7.91. The van der Waals surface area contributed by atoms with Gasteiger partial charge in [-0.25, -0.2) is 17.2 Å². The second-order valence-corrected chi connectivity index (χ2v) is 7.77. The molecule has 3 rings (SSSR count). The summed E-state index contributed by atoms with van der Waals surface area (Å²) < 4.78 is 64.6. The molecule has 0 unspecified atom stereocenters. The molecule has 0 spiro atoms. The third-order valence-corrected chi connectivity index (χ3v) is 6.41. The minimum absolute atomic E-state index is 0.00652. The number of halogens is 2. The monoisotopic (exact) mass is 354 g/mol. The molecule has 1 aliphatic heterocycles. The van der Waals surface area contributed by atoms with E-state index in [0.29, 0.717) is 5.75 Å². The Morgan fingerprint density at radius 1 is 1.08 bits per heavy atom. The SMILES string of the molecule is COc1ccc(S(=O)(=O)[C@@H]2c3c(F)ccc(F)c3OC[C@H]2C)cc1. The van der Waals surface area contributed by atoms with Crippen LogP contribution >= 0.6 is 0 Å². The van der Waals surface area contributed by atoms with E-state index < -0.39 is 32.6 Å². The van der Waals surface area contributed by atoms with Crippen LogP contribution in [0.25, 0.3) is 0 Å². The van der Waals surface area contributed by atoms with Gasteiger partial charge in [0.1, 0.15) is 16.8 Å². The van der Waals surface area contributed by atoms with Gasteiger partial charge in [-0.2, -0.15) is 0 Å². The number of hydrogen-bond acceptors (Lipinski definition) is 4. The number of ether oxygens (including phenoxy) is 2. The Morgan fingerprint density at radius 3 is 2.33 bits per heavy atom. The quantitative estimate of drug-likeness (QED) is 0.846. The second-order valence-electron chi connectivity index (χ2n) is 5.70. The summed E-state index contributed by atoms with van der Waals surface area (Å²) in [5.41, 5.74) is -0.246. The van der Waals surface area contributed by atoms with Crippen molar-refractivity contribution in [3.8, 4) is 11.5 Å². The van der Waals surface area contributed by atoms with Crippen LogP contribution in [0.5, 0.6) is 11.5 Å². The van der Waals surface area contributed by atoms with Crippen molar-refractivity contribution < 1.29 is 26.7 Å². The number of hydrogen-bond donors (Lipinski definition) is 0. The Labute approximate surface area is 138 Å². The van der Waals surface area contributed by atoms with Gasteiger partial charge >= 0.3 is 0 Å². The van der Waals surface area contributed by atoms with E-state index in [2.05, 4.69) is 0 Å². The summed E-state index contributed by atoms with van der Waals surface area (Å²) in [6.45, 7) is 1.63. The van der Waals surface area contributed by atoms with E-state index in [4.69, 9.17) is 9.47 Å². The highest BCUT2D eigenvalue weighted by atomic mass is 32.2. The minimum atomic E-state index is -3.93. The number of fused-ring (bicyclic) bond motifs is 1. The van der Waals surface area contributed by atoms with Crippen LogP contribution in [-0.2, 0) is 9.84 Å². The van der Waals surface area contributed by atoms with E-state index in [-0.39, 0.29) is 22.8 Å². The zero-order valence-corrected chi connectivity index (χ0v) is 13.9. The number of sulfone groups is 1. The zero-order chi connectivity index (χ0) is 17.5. The Balaban J connectivity index is 2.16. The van der Waals surface area contributed by atoms with Crippen LogP contribution in [0.1, 0.15) is 17.7 Å². The van der Waals surface area contributed by atoms with Crippen LogP contribution in [0.15, 0.2) is 41.3 Å². The lowest BCUT2D eigenvalue weighted by molar-refractivity contribution is 0.213. The first-order valence-corrected chi connectivity index (χ1v) is 8.89. The first-order chi connectivity index (χ1) is 11.4. The van der Waals surface area contributed by atoms with E-state index in [9.17, 15) is 17.2 Å². The van der Waals surface area contributed by atoms with Crippen molar-refractivity contribution in [3.63, 3.8) is 0 Å². The molecule has 128 valence electrons. The predicted molar refractivity (Wildman–Crippen MR) is 83.9 cm³/mol. The Hall–Kier alpha value is -2.15. The molecule has 1 heterocycles. The molecule has 7 heteroatoms. The summed E-state index contributed by atoms with van der Waals surface area (Å²) in [4.78, 5) is 0.0247. The maximum Gasteiger partial charge on any atom is 0.186 e. The predicted octanol–water partition coefficient (Wildman–Crippen LogP) is 3.52. The summed E-state index contributed by atoms with van der Waals surface area (Å²) in [5.74, 6) is -1.91. The van der Waals surface area contributed by atoms with Gasteiger partial charge in [0.05, 0.1) is 24.2 Å². The van der Waals surface area contributed by atoms with Gasteiger partial charge in [0.25, 0.3) is 0 Å². The summed E-state index contributed by atoms with van der Waals surface area (Å²) in [7, 11) is -2.46. The summed E-state index contributed by atoms with van der Waals surface area (Å²) in [5, 5.41) is -1.22. The molecule has 0 N–H and O–H groups in total. The van der Waals surface area contributed by atoms with Crippen LogP contribution in [-0.4, -0.2) is 22.1 Å². The van der Waals surface area contributed by atoms with E-state index in [1.807, 2.05) is 0 Å². The van der Waals surface area contributed by atoms with Gasteiger partial charge in [-0.1, -0.05) is 6.92 Å². The maximum absolute atomic E-state index is 14.3. The molecule has 0 aromatic heterocycles. The number of methoxy groups -OCH3 is 1. The maximum atomic E-state index is 14.3. The highest BCUT2D eigenvalue weighted by Gasteiger charge is 2.42. The van der Waals surface area contributed by atoms with Crippen LogP contribution in [0.3, 0.4) is 0 Å². The Morgan fingerprint density at radius 2 is 1.71 bits per heavy atom. The van der Waals surface area contributed by atoms with Crippen molar-refractivity contribution in [1.29, 1.82) is 0 Å². The molecule has 0 saturated carbocycles. The van der Waals surface area contributed by atoms with E-state index in [0.717, 1.165) is 12.1 Å². The summed E-state index contributed by atoms with van der Waals surface area (Å²) >= 11 is 0. The van der Waals surface area contributed by atoms with Crippen LogP contribution in [0.2, 0.25) is 0 Å². The second kappa shape index (κ2) is 6.05. The molecule has 1 aliphatic rings. The molecule has 0 fully saturated rings. The van der Waals surface area contributed by atoms with Crippen molar-refractivity contribution in [2.24, 2.45) is 5.92 Å². The standard InChI is InChI=1S/C17H16F2O4S/c1-10-9-23-16-14(19)8-7-13(18)15(16)17(10)24(20,21)12-5-3-11(22-2)4-6-12/h3-8,10,17H,9H2,1-2H3/t10-,17+/m1/s1. The minimum Gasteiger partial charge on any atom is -0.497 e. The average Bonchev–Trinajstić information content (AvgIpc) is 2.58. The van der Waals surface area contributed by atoms with Gasteiger partial charge < -0.3 is 9.47 Å². The fourth-order valence-corrected chi connectivity index (χ4v) is 4.95. The highest BCUT2D eigenvalue weighted by Crippen LogP contribution is 2.45. The van der Waals surface area contributed by atoms with Gasteiger partial charge in [0.15, 0.2) is 21.4 Å². The average molecular weight is 354 g/mol. The fraction of sp³-hybridized carbons (Fsp3) is 0.294. The molecule has 4 nitrogen and oxygen atoms in total. The Kier molecular flexibility index (Phi) is 4.21. The fourth-order valence-electron chi connectivity index (χ4n) is 2.92. The molecular formula is C17H16F2O4S. The van der Waals surface area contributed by atoms with Crippen LogP contribution in [0, 0.1) is 17.6 Å². The van der Waals surface area contributed by atoms with Crippen molar-refractivity contribution in [1.82, 2.24) is 0 Å². The number of rotatable bonds is 3. The third-order valence-electron chi connectivity index (χ3n) is 4.11. The topological polar surface area (TPSA) is 52.6 Å². The molecule has 0 amide bonds. The lowest BCUT2D eigenvalue weighted by Crippen LogP contribution is -2.31. The van der Waals surface area contributed by atoms with Gasteiger partial charge in [-0.3, -0.25) is 0 Å². The summed E-state index contributed by atoms with van der Waals surface area (Å²) in [6.07, 6.45) is 0. The largest absolute Gasteiger partial charge is 0.497 e. The van der Waals surface area contributed by atoms with Gasteiger partial charge in [0.2, 0.25) is 0 Å². The lowest BCUT2D eigenvalue weighted by atomic mass is 9.97. The lowest BCUT2D eigenvalue weighted by Gasteiger charge is -2.31. The molecule has 0 saturated heterocycles. The van der Waals surface area contributed by atoms with Gasteiger partial charge in [-0.15, -0.1) is 0 Å². The van der Waals surface area contributed by atoms with Crippen LogP contribution in [0.4, 0.5) is 8.78 Å². The van der Waals surface area contributed by atoms with Crippen molar-refractivity contribution >= 4 is 9.84 Å². The normalized spacial score (nSPS) is 20.2. The molecule has 0 radical (unpaired) electrons. The first-order valence-electron chi connectivity index (χ1n) is 7.35.